The number of benzene rings is 1. The second-order valence-corrected chi connectivity index (χ2v) is 5.27. The van der Waals surface area contributed by atoms with Gasteiger partial charge in [0.05, 0.1) is 0 Å². The van der Waals surface area contributed by atoms with Gasteiger partial charge < -0.3 is 10.1 Å². The Morgan fingerprint density at radius 1 is 1.24 bits per heavy atom. The van der Waals surface area contributed by atoms with Gasteiger partial charge in [-0.3, -0.25) is 0 Å². The average molecular weight is 233 g/mol. The Hall–Kier alpha value is -1.02. The zero-order chi connectivity index (χ0) is 12.5. The zero-order valence-corrected chi connectivity index (χ0v) is 11.4. The maximum absolute atomic E-state index is 6.24. The fourth-order valence-electron chi connectivity index (χ4n) is 2.15. The molecule has 0 spiro atoms. The number of rotatable bonds is 5. The molecule has 2 rings (SSSR count). The molecule has 0 saturated heterocycles. The summed E-state index contributed by atoms with van der Waals surface area (Å²) in [7, 11) is 0. The molecule has 0 aromatic heterocycles. The van der Waals surface area contributed by atoms with Gasteiger partial charge in [-0.1, -0.05) is 13.0 Å². The fourth-order valence-corrected chi connectivity index (χ4v) is 2.15. The average Bonchev–Trinajstić information content (AvgIpc) is 3.03. The molecule has 1 N–H and O–H groups in total. The van der Waals surface area contributed by atoms with E-state index in [9.17, 15) is 0 Å². The number of ether oxygens (including phenoxy) is 1. The smallest absolute Gasteiger partial charge is 0.123 e. The van der Waals surface area contributed by atoms with Crippen LogP contribution in [0.5, 0.6) is 5.75 Å². The standard InChI is InChI=1S/C15H23NO/c1-5-16-10-15(6-7-15)17-14-9-11(2)8-12(3)13(14)4/h8-9,16H,5-7,10H2,1-4H3. The van der Waals surface area contributed by atoms with Crippen molar-refractivity contribution in [1.82, 2.24) is 5.32 Å². The highest BCUT2D eigenvalue weighted by molar-refractivity contribution is 5.42. The van der Waals surface area contributed by atoms with E-state index in [-0.39, 0.29) is 5.60 Å². The molecule has 1 aliphatic carbocycles. The SMILES string of the molecule is CCNCC1(Oc2cc(C)cc(C)c2C)CC1. The molecule has 1 aromatic rings. The molecule has 0 amide bonds. The van der Waals surface area contributed by atoms with Gasteiger partial charge in [0.15, 0.2) is 0 Å². The summed E-state index contributed by atoms with van der Waals surface area (Å²) in [5, 5.41) is 3.39. The first-order chi connectivity index (χ1) is 8.06. The molecule has 1 aliphatic rings. The number of hydrogen-bond acceptors (Lipinski definition) is 2. The third-order valence-electron chi connectivity index (χ3n) is 3.60. The monoisotopic (exact) mass is 233 g/mol. The Morgan fingerprint density at radius 3 is 2.53 bits per heavy atom. The summed E-state index contributed by atoms with van der Waals surface area (Å²) in [6, 6.07) is 4.38. The Labute approximate surface area is 104 Å². The van der Waals surface area contributed by atoms with Gasteiger partial charge in [-0.2, -0.15) is 0 Å². The molecule has 0 radical (unpaired) electrons. The van der Waals surface area contributed by atoms with Crippen molar-refractivity contribution in [3.05, 3.63) is 28.8 Å². The second kappa shape index (κ2) is 4.69. The third kappa shape index (κ3) is 2.81. The first-order valence-corrected chi connectivity index (χ1v) is 6.54. The van der Waals surface area contributed by atoms with Gasteiger partial charge >= 0.3 is 0 Å². The molecule has 0 atom stereocenters. The lowest BCUT2D eigenvalue weighted by molar-refractivity contribution is 0.175. The number of hydrogen-bond donors (Lipinski definition) is 1. The highest BCUT2D eigenvalue weighted by Gasteiger charge is 2.45. The highest BCUT2D eigenvalue weighted by Crippen LogP contribution is 2.41. The molecule has 94 valence electrons. The molecule has 0 aliphatic heterocycles. The van der Waals surface area contributed by atoms with E-state index in [1.54, 1.807) is 0 Å². The Bertz CT molecular complexity index is 408. The van der Waals surface area contributed by atoms with Gasteiger partial charge in [0.2, 0.25) is 0 Å². The largest absolute Gasteiger partial charge is 0.486 e. The first-order valence-electron chi connectivity index (χ1n) is 6.54. The number of likely N-dealkylation sites (N-methyl/N-ethyl adjacent to an activating group) is 1. The molecule has 2 nitrogen and oxygen atoms in total. The molecule has 1 saturated carbocycles. The number of nitrogens with one attached hydrogen (secondary N) is 1. The van der Waals surface area contributed by atoms with Crippen LogP contribution in [0.2, 0.25) is 0 Å². The Morgan fingerprint density at radius 2 is 1.94 bits per heavy atom. The molecule has 0 bridgehead atoms. The minimum atomic E-state index is 0.0704. The van der Waals surface area contributed by atoms with Crippen molar-refractivity contribution in [2.75, 3.05) is 13.1 Å². The van der Waals surface area contributed by atoms with Crippen LogP contribution in [0.1, 0.15) is 36.5 Å². The van der Waals surface area contributed by atoms with Gasteiger partial charge in [0.1, 0.15) is 11.4 Å². The molecule has 0 heterocycles. The van der Waals surface area contributed by atoms with E-state index in [0.717, 1.165) is 18.8 Å². The summed E-state index contributed by atoms with van der Waals surface area (Å²) in [6.07, 6.45) is 2.35. The van der Waals surface area contributed by atoms with Crippen LogP contribution in [-0.4, -0.2) is 18.7 Å². The Balaban J connectivity index is 2.13. The van der Waals surface area contributed by atoms with E-state index >= 15 is 0 Å². The van der Waals surface area contributed by atoms with E-state index in [1.165, 1.54) is 29.5 Å². The van der Waals surface area contributed by atoms with Crippen molar-refractivity contribution in [3.63, 3.8) is 0 Å². The van der Waals surface area contributed by atoms with Gasteiger partial charge in [-0.25, -0.2) is 0 Å². The van der Waals surface area contributed by atoms with E-state index in [4.69, 9.17) is 4.74 Å². The lowest BCUT2D eigenvalue weighted by Gasteiger charge is -2.21. The van der Waals surface area contributed by atoms with E-state index in [0.29, 0.717) is 0 Å². The maximum Gasteiger partial charge on any atom is 0.123 e. The maximum atomic E-state index is 6.24. The van der Waals surface area contributed by atoms with Crippen molar-refractivity contribution in [3.8, 4) is 5.75 Å². The van der Waals surface area contributed by atoms with Crippen LogP contribution in [0.25, 0.3) is 0 Å². The second-order valence-electron chi connectivity index (χ2n) is 5.27. The third-order valence-corrected chi connectivity index (χ3v) is 3.60. The molecule has 1 aromatic carbocycles. The predicted molar refractivity (Wildman–Crippen MR) is 71.8 cm³/mol. The van der Waals surface area contributed by atoms with Crippen LogP contribution < -0.4 is 10.1 Å². The molecule has 17 heavy (non-hydrogen) atoms. The van der Waals surface area contributed by atoms with Crippen LogP contribution in [0.4, 0.5) is 0 Å². The minimum Gasteiger partial charge on any atom is -0.486 e. The summed E-state index contributed by atoms with van der Waals surface area (Å²) in [6.45, 7) is 10.5. The topological polar surface area (TPSA) is 21.3 Å². The zero-order valence-electron chi connectivity index (χ0n) is 11.4. The molecular weight excluding hydrogens is 210 g/mol. The van der Waals surface area contributed by atoms with Gasteiger partial charge in [0.25, 0.3) is 0 Å². The predicted octanol–water partition coefficient (Wildman–Crippen LogP) is 3.13. The van der Waals surface area contributed by atoms with Crippen LogP contribution in [0.3, 0.4) is 0 Å². The van der Waals surface area contributed by atoms with Crippen molar-refractivity contribution in [1.29, 1.82) is 0 Å². The summed E-state index contributed by atoms with van der Waals surface area (Å²) in [5.74, 6) is 1.07. The van der Waals surface area contributed by atoms with E-state index < -0.39 is 0 Å². The quantitative estimate of drug-likeness (QED) is 0.843. The lowest BCUT2D eigenvalue weighted by Crippen LogP contribution is -2.33. The first kappa shape index (κ1) is 12.4. The Kier molecular flexibility index (Phi) is 3.43. The van der Waals surface area contributed by atoms with Crippen molar-refractivity contribution < 1.29 is 4.74 Å². The molecule has 1 fully saturated rings. The molecule has 0 unspecified atom stereocenters. The lowest BCUT2D eigenvalue weighted by atomic mass is 10.1. The molecule has 2 heteroatoms. The van der Waals surface area contributed by atoms with E-state index in [2.05, 4.69) is 45.1 Å². The molecular formula is C15H23NO. The summed E-state index contributed by atoms with van der Waals surface area (Å²) >= 11 is 0. The summed E-state index contributed by atoms with van der Waals surface area (Å²) < 4.78 is 6.24. The normalized spacial score (nSPS) is 16.9. The van der Waals surface area contributed by atoms with Crippen molar-refractivity contribution in [2.45, 2.75) is 46.1 Å². The van der Waals surface area contributed by atoms with Crippen molar-refractivity contribution in [2.24, 2.45) is 0 Å². The highest BCUT2D eigenvalue weighted by atomic mass is 16.5. The van der Waals surface area contributed by atoms with E-state index in [1.807, 2.05) is 0 Å². The fraction of sp³-hybridized carbons (Fsp3) is 0.600. The minimum absolute atomic E-state index is 0.0704. The van der Waals surface area contributed by atoms with Gasteiger partial charge in [-0.15, -0.1) is 0 Å². The summed E-state index contributed by atoms with van der Waals surface area (Å²) in [4.78, 5) is 0. The van der Waals surface area contributed by atoms with Crippen LogP contribution in [0.15, 0.2) is 12.1 Å². The van der Waals surface area contributed by atoms with Gasteiger partial charge in [0, 0.05) is 6.54 Å². The van der Waals surface area contributed by atoms with Crippen LogP contribution >= 0.6 is 0 Å². The van der Waals surface area contributed by atoms with Gasteiger partial charge in [-0.05, 0) is 62.9 Å². The number of aryl methyl sites for hydroxylation is 2. The summed E-state index contributed by atoms with van der Waals surface area (Å²) in [5.41, 5.74) is 3.95. The van der Waals surface area contributed by atoms with Crippen LogP contribution in [0, 0.1) is 20.8 Å². The van der Waals surface area contributed by atoms with Crippen LogP contribution in [-0.2, 0) is 0 Å². The van der Waals surface area contributed by atoms with Crippen molar-refractivity contribution >= 4 is 0 Å².